The lowest BCUT2D eigenvalue weighted by Gasteiger charge is -2.29. The Balaban J connectivity index is 1.94. The number of benzene rings is 2. The van der Waals surface area contributed by atoms with Crippen LogP contribution < -0.4 is 14.4 Å². The summed E-state index contributed by atoms with van der Waals surface area (Å²) in [7, 11) is -2.71. The maximum Gasteiger partial charge on any atom is 0.265 e. The molecule has 3 rings (SSSR count). The molecule has 1 aliphatic rings. The fraction of sp³-hybridized carbons (Fsp3) is 0.278. The molecule has 0 atom stereocenters. The van der Waals surface area contributed by atoms with Crippen molar-refractivity contribution in [1.82, 2.24) is 0 Å². The fourth-order valence-electron chi connectivity index (χ4n) is 3.06. The number of amides is 1. The van der Waals surface area contributed by atoms with Crippen LogP contribution >= 0.6 is 0 Å². The van der Waals surface area contributed by atoms with E-state index in [1.807, 2.05) is 0 Å². The number of carbonyl (C=O) groups excluding carboxylic acids is 1. The van der Waals surface area contributed by atoms with Crippen LogP contribution in [0.2, 0.25) is 0 Å². The van der Waals surface area contributed by atoms with Gasteiger partial charge in [-0.15, -0.1) is 0 Å². The zero-order valence-electron chi connectivity index (χ0n) is 14.5. The highest BCUT2D eigenvalue weighted by molar-refractivity contribution is 7.92. The van der Waals surface area contributed by atoms with Gasteiger partial charge in [-0.05, 0) is 54.8 Å². The van der Waals surface area contributed by atoms with E-state index in [9.17, 15) is 17.6 Å². The number of ether oxygens (including phenoxy) is 1. The van der Waals surface area contributed by atoms with Crippen LogP contribution in [-0.4, -0.2) is 28.0 Å². The minimum absolute atomic E-state index is 0.0521. The predicted octanol–water partition coefficient (Wildman–Crippen LogP) is 2.93. The quantitative estimate of drug-likeness (QED) is 0.888. The molecule has 0 unspecified atom stereocenters. The zero-order valence-corrected chi connectivity index (χ0v) is 15.3. The molecule has 0 saturated heterocycles. The van der Waals surface area contributed by atoms with E-state index in [0.717, 1.165) is 36.2 Å². The van der Waals surface area contributed by atoms with Crippen molar-refractivity contribution in [2.45, 2.75) is 24.7 Å². The standard InChI is InChI=1S/C18H19FN2O4S/c1-12(22)21-9-3-4-13-10-15(6-7-16(13)21)20-26(23,24)18-11-14(19)5-8-17(18)25-2/h5-8,10-11,20H,3-4,9H2,1-2H3. The molecular formula is C18H19FN2O4S. The number of anilines is 2. The van der Waals surface area contributed by atoms with Crippen molar-refractivity contribution < 1.29 is 22.3 Å². The van der Waals surface area contributed by atoms with Crippen LogP contribution in [-0.2, 0) is 21.2 Å². The molecule has 1 amide bonds. The second-order valence-electron chi connectivity index (χ2n) is 6.02. The summed E-state index contributed by atoms with van der Waals surface area (Å²) in [5.41, 5.74) is 2.02. The molecule has 0 spiro atoms. The maximum atomic E-state index is 13.5. The van der Waals surface area contributed by atoms with E-state index in [0.29, 0.717) is 12.2 Å². The lowest BCUT2D eigenvalue weighted by molar-refractivity contribution is -0.116. The Bertz CT molecular complexity index is 960. The van der Waals surface area contributed by atoms with Gasteiger partial charge in [-0.2, -0.15) is 0 Å². The van der Waals surface area contributed by atoms with E-state index in [4.69, 9.17) is 4.74 Å². The van der Waals surface area contributed by atoms with Crippen LogP contribution in [0.15, 0.2) is 41.3 Å². The number of carbonyl (C=O) groups is 1. The number of hydrogen-bond donors (Lipinski definition) is 1. The van der Waals surface area contributed by atoms with Crippen molar-refractivity contribution >= 4 is 27.3 Å². The van der Waals surface area contributed by atoms with Crippen molar-refractivity contribution in [3.63, 3.8) is 0 Å². The van der Waals surface area contributed by atoms with Gasteiger partial charge in [0.15, 0.2) is 0 Å². The Morgan fingerprint density at radius 1 is 1.23 bits per heavy atom. The van der Waals surface area contributed by atoms with Crippen molar-refractivity contribution in [3.05, 3.63) is 47.8 Å². The maximum absolute atomic E-state index is 13.5. The molecule has 2 aromatic rings. The van der Waals surface area contributed by atoms with Gasteiger partial charge < -0.3 is 9.64 Å². The Hall–Kier alpha value is -2.61. The van der Waals surface area contributed by atoms with Crippen molar-refractivity contribution in [2.75, 3.05) is 23.3 Å². The molecule has 138 valence electrons. The van der Waals surface area contributed by atoms with Gasteiger partial charge in [0, 0.05) is 24.8 Å². The van der Waals surface area contributed by atoms with Gasteiger partial charge >= 0.3 is 0 Å². The van der Waals surface area contributed by atoms with E-state index in [1.54, 1.807) is 23.1 Å². The number of methoxy groups -OCH3 is 1. The fourth-order valence-corrected chi connectivity index (χ4v) is 4.29. The summed E-state index contributed by atoms with van der Waals surface area (Å²) in [6.45, 7) is 2.15. The number of sulfonamides is 1. The summed E-state index contributed by atoms with van der Waals surface area (Å²) in [5, 5.41) is 0. The molecule has 0 aliphatic carbocycles. The summed E-state index contributed by atoms with van der Waals surface area (Å²) < 4.78 is 46.3. The first kappa shape index (κ1) is 18.2. The largest absolute Gasteiger partial charge is 0.495 e. The van der Waals surface area contributed by atoms with Crippen LogP contribution in [0.3, 0.4) is 0 Å². The van der Waals surface area contributed by atoms with Gasteiger partial charge in [-0.3, -0.25) is 9.52 Å². The van der Waals surface area contributed by atoms with Gasteiger partial charge in [-0.25, -0.2) is 12.8 Å². The summed E-state index contributed by atoms with van der Waals surface area (Å²) in [5.74, 6) is -0.669. The summed E-state index contributed by atoms with van der Waals surface area (Å²) in [6.07, 6.45) is 1.55. The number of nitrogens with zero attached hydrogens (tertiary/aromatic N) is 1. The number of nitrogens with one attached hydrogen (secondary N) is 1. The first-order valence-corrected chi connectivity index (χ1v) is 9.57. The minimum atomic E-state index is -4.03. The molecule has 0 aromatic heterocycles. The molecule has 1 aliphatic heterocycles. The number of hydrogen-bond acceptors (Lipinski definition) is 4. The topological polar surface area (TPSA) is 75.7 Å². The molecule has 0 fully saturated rings. The average Bonchev–Trinajstić information content (AvgIpc) is 2.60. The van der Waals surface area contributed by atoms with E-state index in [2.05, 4.69) is 4.72 Å². The van der Waals surface area contributed by atoms with Crippen LogP contribution in [0.4, 0.5) is 15.8 Å². The zero-order chi connectivity index (χ0) is 18.9. The Morgan fingerprint density at radius 2 is 2.00 bits per heavy atom. The number of aryl methyl sites for hydroxylation is 1. The Labute approximate surface area is 151 Å². The van der Waals surface area contributed by atoms with Gasteiger partial charge in [0.2, 0.25) is 5.91 Å². The van der Waals surface area contributed by atoms with Crippen molar-refractivity contribution in [2.24, 2.45) is 0 Å². The van der Waals surface area contributed by atoms with Crippen LogP contribution in [0.25, 0.3) is 0 Å². The predicted molar refractivity (Wildman–Crippen MR) is 96.6 cm³/mol. The lowest BCUT2D eigenvalue weighted by atomic mass is 10.0. The second-order valence-corrected chi connectivity index (χ2v) is 7.67. The first-order chi connectivity index (χ1) is 12.3. The third-order valence-electron chi connectivity index (χ3n) is 4.25. The molecule has 6 nitrogen and oxygen atoms in total. The molecule has 1 N–H and O–H groups in total. The molecule has 0 saturated carbocycles. The molecule has 26 heavy (non-hydrogen) atoms. The van der Waals surface area contributed by atoms with Crippen LogP contribution in [0, 0.1) is 5.82 Å². The van der Waals surface area contributed by atoms with E-state index in [-0.39, 0.29) is 16.6 Å². The normalized spacial score (nSPS) is 13.9. The average molecular weight is 378 g/mol. The first-order valence-electron chi connectivity index (χ1n) is 8.09. The third kappa shape index (κ3) is 3.50. The van der Waals surface area contributed by atoms with E-state index < -0.39 is 15.8 Å². The molecule has 8 heteroatoms. The molecule has 0 bridgehead atoms. The van der Waals surface area contributed by atoms with E-state index >= 15 is 0 Å². The number of rotatable bonds is 4. The Kier molecular flexibility index (Phi) is 4.86. The lowest BCUT2D eigenvalue weighted by Crippen LogP contribution is -2.33. The molecular weight excluding hydrogens is 359 g/mol. The summed E-state index contributed by atoms with van der Waals surface area (Å²) in [4.78, 5) is 13.1. The SMILES string of the molecule is COc1ccc(F)cc1S(=O)(=O)Nc1ccc2c(c1)CCCN2C(C)=O. The van der Waals surface area contributed by atoms with E-state index in [1.165, 1.54) is 20.1 Å². The number of halogens is 1. The molecule has 1 heterocycles. The second kappa shape index (κ2) is 6.95. The van der Waals surface area contributed by atoms with Crippen molar-refractivity contribution in [1.29, 1.82) is 0 Å². The van der Waals surface area contributed by atoms with Crippen LogP contribution in [0.1, 0.15) is 18.9 Å². The third-order valence-corrected chi connectivity index (χ3v) is 5.65. The highest BCUT2D eigenvalue weighted by atomic mass is 32.2. The molecule has 0 radical (unpaired) electrons. The van der Waals surface area contributed by atoms with Gasteiger partial charge in [-0.1, -0.05) is 0 Å². The highest BCUT2D eigenvalue weighted by Crippen LogP contribution is 2.32. The molecule has 2 aromatic carbocycles. The van der Waals surface area contributed by atoms with Gasteiger partial charge in [0.25, 0.3) is 10.0 Å². The minimum Gasteiger partial charge on any atom is -0.495 e. The smallest absolute Gasteiger partial charge is 0.265 e. The Morgan fingerprint density at radius 3 is 2.69 bits per heavy atom. The number of fused-ring (bicyclic) bond motifs is 1. The van der Waals surface area contributed by atoms with Crippen LogP contribution in [0.5, 0.6) is 5.75 Å². The highest BCUT2D eigenvalue weighted by Gasteiger charge is 2.23. The summed E-state index contributed by atoms with van der Waals surface area (Å²) >= 11 is 0. The van der Waals surface area contributed by atoms with Crippen molar-refractivity contribution in [3.8, 4) is 5.75 Å². The monoisotopic (exact) mass is 378 g/mol. The van der Waals surface area contributed by atoms with Gasteiger partial charge in [0.05, 0.1) is 7.11 Å². The summed E-state index contributed by atoms with van der Waals surface area (Å²) in [6, 6.07) is 8.32. The van der Waals surface area contributed by atoms with Gasteiger partial charge in [0.1, 0.15) is 16.5 Å².